The van der Waals surface area contributed by atoms with E-state index in [4.69, 9.17) is 10.2 Å². The SMILES string of the molecule is Cc1oc(C)c(C(=O)NCCC(N)c2ccccc2)c1C. The molecule has 21 heavy (non-hydrogen) atoms. The van der Waals surface area contributed by atoms with Crippen LogP contribution in [-0.2, 0) is 0 Å². The van der Waals surface area contributed by atoms with Gasteiger partial charge in [0.2, 0.25) is 0 Å². The van der Waals surface area contributed by atoms with Crippen molar-refractivity contribution in [1.82, 2.24) is 5.32 Å². The predicted octanol–water partition coefficient (Wildman–Crippen LogP) is 3.02. The van der Waals surface area contributed by atoms with Crippen molar-refractivity contribution in [3.63, 3.8) is 0 Å². The van der Waals surface area contributed by atoms with Crippen LogP contribution in [0.2, 0.25) is 0 Å². The fraction of sp³-hybridized carbons (Fsp3) is 0.353. The molecule has 1 aromatic heterocycles. The maximum Gasteiger partial charge on any atom is 0.255 e. The van der Waals surface area contributed by atoms with E-state index in [0.29, 0.717) is 24.3 Å². The molecule has 1 aromatic carbocycles. The van der Waals surface area contributed by atoms with Gasteiger partial charge in [-0.2, -0.15) is 0 Å². The predicted molar refractivity (Wildman–Crippen MR) is 83.2 cm³/mol. The van der Waals surface area contributed by atoms with Crippen LogP contribution < -0.4 is 11.1 Å². The van der Waals surface area contributed by atoms with Crippen molar-refractivity contribution in [3.05, 3.63) is 58.5 Å². The molecule has 0 aliphatic carbocycles. The second kappa shape index (κ2) is 6.59. The van der Waals surface area contributed by atoms with Gasteiger partial charge in [0, 0.05) is 18.2 Å². The molecule has 0 fully saturated rings. The molecule has 4 heteroatoms. The molecule has 1 heterocycles. The van der Waals surface area contributed by atoms with E-state index in [1.807, 2.05) is 51.1 Å². The van der Waals surface area contributed by atoms with Crippen molar-refractivity contribution in [2.75, 3.05) is 6.54 Å². The first-order valence-electron chi connectivity index (χ1n) is 7.16. The zero-order chi connectivity index (χ0) is 15.4. The number of aryl methyl sites for hydroxylation is 2. The highest BCUT2D eigenvalue weighted by atomic mass is 16.3. The molecule has 1 unspecified atom stereocenters. The van der Waals surface area contributed by atoms with E-state index in [-0.39, 0.29) is 11.9 Å². The summed E-state index contributed by atoms with van der Waals surface area (Å²) in [7, 11) is 0. The molecule has 0 saturated heterocycles. The third kappa shape index (κ3) is 3.52. The van der Waals surface area contributed by atoms with Gasteiger partial charge in [-0.05, 0) is 32.8 Å². The lowest BCUT2D eigenvalue weighted by Gasteiger charge is -2.12. The molecule has 0 bridgehead atoms. The number of carbonyl (C=O) groups is 1. The van der Waals surface area contributed by atoms with Crippen molar-refractivity contribution in [2.24, 2.45) is 5.73 Å². The maximum atomic E-state index is 12.2. The van der Waals surface area contributed by atoms with Crippen LogP contribution >= 0.6 is 0 Å². The molecule has 2 aromatic rings. The van der Waals surface area contributed by atoms with E-state index in [0.717, 1.165) is 16.9 Å². The minimum atomic E-state index is -0.0953. The Balaban J connectivity index is 1.90. The second-order valence-electron chi connectivity index (χ2n) is 5.28. The first kappa shape index (κ1) is 15.3. The first-order chi connectivity index (χ1) is 10.0. The average molecular weight is 286 g/mol. The molecule has 3 N–H and O–H groups in total. The topological polar surface area (TPSA) is 68.3 Å². The van der Waals surface area contributed by atoms with Crippen LogP contribution in [0, 0.1) is 20.8 Å². The summed E-state index contributed by atoms with van der Waals surface area (Å²) >= 11 is 0. The van der Waals surface area contributed by atoms with Crippen molar-refractivity contribution in [1.29, 1.82) is 0 Å². The van der Waals surface area contributed by atoms with Crippen LogP contribution in [-0.4, -0.2) is 12.5 Å². The number of nitrogens with two attached hydrogens (primary N) is 1. The third-order valence-corrected chi connectivity index (χ3v) is 3.76. The van der Waals surface area contributed by atoms with Crippen LogP contribution in [0.25, 0.3) is 0 Å². The molecule has 1 amide bonds. The Kier molecular flexibility index (Phi) is 4.81. The number of benzene rings is 1. The largest absolute Gasteiger partial charge is 0.466 e. The highest BCUT2D eigenvalue weighted by Gasteiger charge is 2.18. The summed E-state index contributed by atoms with van der Waals surface area (Å²) in [6.45, 7) is 6.11. The summed E-state index contributed by atoms with van der Waals surface area (Å²) in [5, 5.41) is 2.92. The molecule has 2 rings (SSSR count). The molecule has 1 atom stereocenters. The number of nitrogens with one attached hydrogen (secondary N) is 1. The standard InChI is InChI=1S/C17H22N2O2/c1-11-12(2)21-13(3)16(11)17(20)19-10-9-15(18)14-7-5-4-6-8-14/h4-8,15H,9-10,18H2,1-3H3,(H,19,20). The zero-order valence-corrected chi connectivity index (χ0v) is 12.8. The summed E-state index contributed by atoms with van der Waals surface area (Å²) in [4.78, 5) is 12.2. The summed E-state index contributed by atoms with van der Waals surface area (Å²) in [6, 6.07) is 9.83. The van der Waals surface area contributed by atoms with Crippen LogP contribution in [0.15, 0.2) is 34.7 Å². The minimum absolute atomic E-state index is 0.0696. The fourth-order valence-corrected chi connectivity index (χ4v) is 2.42. The molecule has 112 valence electrons. The lowest BCUT2D eigenvalue weighted by molar-refractivity contribution is 0.0950. The quantitative estimate of drug-likeness (QED) is 0.887. The number of furan rings is 1. The van der Waals surface area contributed by atoms with E-state index < -0.39 is 0 Å². The van der Waals surface area contributed by atoms with Crippen LogP contribution in [0.1, 0.15) is 45.5 Å². The van der Waals surface area contributed by atoms with Gasteiger partial charge in [0.15, 0.2) is 0 Å². The third-order valence-electron chi connectivity index (χ3n) is 3.76. The first-order valence-corrected chi connectivity index (χ1v) is 7.16. The Morgan fingerprint density at radius 1 is 1.19 bits per heavy atom. The van der Waals surface area contributed by atoms with E-state index in [9.17, 15) is 4.79 Å². The van der Waals surface area contributed by atoms with Crippen LogP contribution in [0.3, 0.4) is 0 Å². The van der Waals surface area contributed by atoms with E-state index in [2.05, 4.69) is 5.32 Å². The van der Waals surface area contributed by atoms with Crippen molar-refractivity contribution in [3.8, 4) is 0 Å². The van der Waals surface area contributed by atoms with Gasteiger partial charge in [0.25, 0.3) is 5.91 Å². The van der Waals surface area contributed by atoms with Crippen LogP contribution in [0.4, 0.5) is 0 Å². The Bertz CT molecular complexity index is 617. The van der Waals surface area contributed by atoms with Gasteiger partial charge in [-0.25, -0.2) is 0 Å². The molecule has 0 saturated carbocycles. The Morgan fingerprint density at radius 2 is 1.86 bits per heavy atom. The normalized spacial score (nSPS) is 12.2. The Hall–Kier alpha value is -2.07. The molecule has 0 aliphatic rings. The Morgan fingerprint density at radius 3 is 2.43 bits per heavy atom. The summed E-state index contributed by atoms with van der Waals surface area (Å²) < 4.78 is 5.48. The maximum absolute atomic E-state index is 12.2. The summed E-state index contributed by atoms with van der Waals surface area (Å²) in [5.74, 6) is 1.36. The van der Waals surface area contributed by atoms with E-state index >= 15 is 0 Å². The van der Waals surface area contributed by atoms with Crippen LogP contribution in [0.5, 0.6) is 0 Å². The molecule has 0 aliphatic heterocycles. The fourth-order valence-electron chi connectivity index (χ4n) is 2.42. The Labute approximate surface area is 125 Å². The summed E-state index contributed by atoms with van der Waals surface area (Å²) in [6.07, 6.45) is 0.699. The van der Waals surface area contributed by atoms with Gasteiger partial charge in [-0.3, -0.25) is 4.79 Å². The van der Waals surface area contributed by atoms with Gasteiger partial charge < -0.3 is 15.5 Å². The molecular formula is C17H22N2O2. The number of amides is 1. The number of carbonyl (C=O) groups excluding carboxylic acids is 1. The lowest BCUT2D eigenvalue weighted by Crippen LogP contribution is -2.27. The van der Waals surface area contributed by atoms with Crippen molar-refractivity contribution in [2.45, 2.75) is 33.2 Å². The highest BCUT2D eigenvalue weighted by Crippen LogP contribution is 2.20. The second-order valence-corrected chi connectivity index (χ2v) is 5.28. The average Bonchev–Trinajstić information content (AvgIpc) is 2.73. The van der Waals surface area contributed by atoms with Crippen molar-refractivity contribution >= 4 is 5.91 Å². The van der Waals surface area contributed by atoms with E-state index in [1.165, 1.54) is 0 Å². The van der Waals surface area contributed by atoms with E-state index in [1.54, 1.807) is 0 Å². The smallest absolute Gasteiger partial charge is 0.255 e. The van der Waals surface area contributed by atoms with Gasteiger partial charge in [0.05, 0.1) is 5.56 Å². The van der Waals surface area contributed by atoms with Gasteiger partial charge >= 0.3 is 0 Å². The zero-order valence-electron chi connectivity index (χ0n) is 12.8. The van der Waals surface area contributed by atoms with Gasteiger partial charge in [-0.15, -0.1) is 0 Å². The van der Waals surface area contributed by atoms with Gasteiger partial charge in [0.1, 0.15) is 11.5 Å². The monoisotopic (exact) mass is 286 g/mol. The highest BCUT2D eigenvalue weighted by molar-refractivity contribution is 5.96. The number of rotatable bonds is 5. The molecule has 4 nitrogen and oxygen atoms in total. The van der Waals surface area contributed by atoms with Gasteiger partial charge in [-0.1, -0.05) is 30.3 Å². The molecule has 0 radical (unpaired) electrons. The number of hydrogen-bond acceptors (Lipinski definition) is 3. The molecular weight excluding hydrogens is 264 g/mol. The van der Waals surface area contributed by atoms with Crippen molar-refractivity contribution < 1.29 is 9.21 Å². The molecule has 0 spiro atoms. The summed E-state index contributed by atoms with van der Waals surface area (Å²) in [5.41, 5.74) is 8.74. The lowest BCUT2D eigenvalue weighted by atomic mass is 10.0. The minimum Gasteiger partial charge on any atom is -0.466 e. The number of hydrogen-bond donors (Lipinski definition) is 2.